The van der Waals surface area contributed by atoms with Gasteiger partial charge in [-0.25, -0.2) is 0 Å². The zero-order valence-electron chi connectivity index (χ0n) is 17.3. The quantitative estimate of drug-likeness (QED) is 0.732. The van der Waals surface area contributed by atoms with Gasteiger partial charge in [-0.3, -0.25) is 19.3 Å². The number of carbonyl (C=O) groups is 3. The van der Waals surface area contributed by atoms with Crippen LogP contribution in [0.15, 0.2) is 30.3 Å². The first-order valence-corrected chi connectivity index (χ1v) is 10.7. The normalized spacial score (nSPS) is 26.0. The number of rotatable bonds is 4. The van der Waals surface area contributed by atoms with Crippen LogP contribution in [0.4, 0.5) is 0 Å². The third kappa shape index (κ3) is 3.59. The molecule has 0 N–H and O–H groups in total. The number of fused-ring (bicyclic) bond motifs is 1. The van der Waals surface area contributed by atoms with Crippen LogP contribution in [0.2, 0.25) is 0 Å². The maximum Gasteiger partial charge on any atom is 0.253 e. The molecule has 156 valence electrons. The van der Waals surface area contributed by atoms with Gasteiger partial charge in [0.1, 0.15) is 6.04 Å². The number of nitrogens with zero attached hydrogens (tertiary/aromatic N) is 2. The van der Waals surface area contributed by atoms with Gasteiger partial charge in [0.05, 0.1) is 12.5 Å². The van der Waals surface area contributed by atoms with Crippen molar-refractivity contribution in [2.45, 2.75) is 52.1 Å². The van der Waals surface area contributed by atoms with Crippen molar-refractivity contribution >= 4 is 17.7 Å². The molecule has 0 radical (unpaired) electrons. The van der Waals surface area contributed by atoms with Gasteiger partial charge in [0.2, 0.25) is 11.8 Å². The van der Waals surface area contributed by atoms with Gasteiger partial charge in [-0.1, -0.05) is 44.2 Å². The van der Waals surface area contributed by atoms with E-state index >= 15 is 0 Å². The van der Waals surface area contributed by atoms with Crippen molar-refractivity contribution in [1.29, 1.82) is 0 Å². The lowest BCUT2D eigenvalue weighted by Crippen LogP contribution is -2.56. The van der Waals surface area contributed by atoms with Crippen LogP contribution < -0.4 is 0 Å². The van der Waals surface area contributed by atoms with Gasteiger partial charge in [-0.15, -0.1) is 0 Å². The second kappa shape index (κ2) is 7.90. The Balaban J connectivity index is 1.56. The minimum atomic E-state index is -0.647. The van der Waals surface area contributed by atoms with Crippen LogP contribution in [0.1, 0.15) is 45.1 Å². The predicted molar refractivity (Wildman–Crippen MR) is 108 cm³/mol. The topological polar surface area (TPSA) is 66.9 Å². The number of amides is 3. The van der Waals surface area contributed by atoms with Gasteiger partial charge in [0, 0.05) is 25.2 Å². The Morgan fingerprint density at radius 2 is 1.76 bits per heavy atom. The van der Waals surface area contributed by atoms with Crippen LogP contribution in [0.25, 0.3) is 0 Å². The molecule has 2 atom stereocenters. The lowest BCUT2D eigenvalue weighted by molar-refractivity contribution is -0.154. The molecule has 0 spiro atoms. The molecular weight excluding hydrogens is 368 g/mol. The minimum Gasteiger partial charge on any atom is -0.381 e. The zero-order valence-corrected chi connectivity index (χ0v) is 17.3. The Morgan fingerprint density at radius 1 is 1.07 bits per heavy atom. The molecule has 6 heteroatoms. The number of hydrogen-bond acceptors (Lipinski definition) is 4. The van der Waals surface area contributed by atoms with Crippen LogP contribution in [0.5, 0.6) is 0 Å². The molecule has 3 heterocycles. The van der Waals surface area contributed by atoms with Crippen LogP contribution >= 0.6 is 0 Å². The molecule has 3 aliphatic heterocycles. The molecule has 3 saturated heterocycles. The fraction of sp³-hybridized carbons (Fsp3) is 0.609. The SMILES string of the molecule is CC(C)(C(=O)N1CCC[C@H]2C(=O)N(Cc3ccccc3)C(=O)[C@H]21)C1CCOCC1. The zero-order chi connectivity index (χ0) is 20.6. The van der Waals surface area contributed by atoms with Crippen molar-refractivity contribution in [2.75, 3.05) is 19.8 Å². The van der Waals surface area contributed by atoms with Crippen molar-refractivity contribution in [1.82, 2.24) is 9.80 Å². The molecule has 3 aliphatic rings. The molecule has 0 saturated carbocycles. The minimum absolute atomic E-state index is 0.00168. The van der Waals surface area contributed by atoms with E-state index in [9.17, 15) is 14.4 Å². The van der Waals surface area contributed by atoms with Gasteiger partial charge in [-0.2, -0.15) is 0 Å². The second-order valence-corrected chi connectivity index (χ2v) is 9.05. The van der Waals surface area contributed by atoms with Crippen molar-refractivity contribution in [3.63, 3.8) is 0 Å². The summed E-state index contributed by atoms with van der Waals surface area (Å²) in [4.78, 5) is 42.9. The first-order valence-electron chi connectivity index (χ1n) is 10.7. The molecule has 0 bridgehead atoms. The summed E-state index contributed by atoms with van der Waals surface area (Å²) in [5.74, 6) is -0.530. The summed E-state index contributed by atoms with van der Waals surface area (Å²) < 4.78 is 5.46. The summed E-state index contributed by atoms with van der Waals surface area (Å²) in [6, 6.07) is 8.90. The fourth-order valence-corrected chi connectivity index (χ4v) is 5.14. The van der Waals surface area contributed by atoms with E-state index in [-0.39, 0.29) is 30.2 Å². The van der Waals surface area contributed by atoms with E-state index in [0.29, 0.717) is 26.2 Å². The average Bonchev–Trinajstić information content (AvgIpc) is 2.99. The van der Waals surface area contributed by atoms with Crippen LogP contribution in [-0.4, -0.2) is 53.3 Å². The number of likely N-dealkylation sites (tertiary alicyclic amines) is 2. The highest BCUT2D eigenvalue weighted by Gasteiger charge is 2.55. The predicted octanol–water partition coefficient (Wildman–Crippen LogP) is 2.62. The summed E-state index contributed by atoms with van der Waals surface area (Å²) in [6.45, 7) is 6.14. The summed E-state index contributed by atoms with van der Waals surface area (Å²) in [5.41, 5.74) is 0.357. The van der Waals surface area contributed by atoms with Crippen molar-refractivity contribution in [3.8, 4) is 0 Å². The molecule has 29 heavy (non-hydrogen) atoms. The van der Waals surface area contributed by atoms with Gasteiger partial charge >= 0.3 is 0 Å². The van der Waals surface area contributed by atoms with E-state index in [1.54, 1.807) is 4.90 Å². The van der Waals surface area contributed by atoms with E-state index in [1.165, 1.54) is 4.90 Å². The number of hydrogen-bond donors (Lipinski definition) is 0. The molecular formula is C23H30N2O4. The molecule has 4 rings (SSSR count). The summed E-state index contributed by atoms with van der Waals surface area (Å²) in [6.07, 6.45) is 3.14. The number of benzene rings is 1. The standard InChI is InChI=1S/C23H30N2O4/c1-23(2,17-10-13-29-14-11-17)22(28)24-12-6-9-18-19(24)21(27)25(20(18)26)15-16-7-4-3-5-8-16/h3-5,7-8,17-19H,6,9-15H2,1-2H3/t18-,19+/m1/s1. The van der Waals surface area contributed by atoms with Crippen molar-refractivity contribution in [2.24, 2.45) is 17.3 Å². The molecule has 1 aromatic rings. The average molecular weight is 399 g/mol. The Hall–Kier alpha value is -2.21. The van der Waals surface area contributed by atoms with Gasteiger partial charge in [-0.05, 0) is 37.2 Å². The first-order chi connectivity index (χ1) is 13.9. The van der Waals surface area contributed by atoms with Gasteiger partial charge in [0.25, 0.3) is 5.91 Å². The molecule has 6 nitrogen and oxygen atoms in total. The van der Waals surface area contributed by atoms with Gasteiger partial charge in [0.15, 0.2) is 0 Å². The smallest absolute Gasteiger partial charge is 0.253 e. The molecule has 0 aliphatic carbocycles. The first kappa shape index (κ1) is 20.1. The van der Waals surface area contributed by atoms with Crippen LogP contribution in [0, 0.1) is 17.3 Å². The van der Waals surface area contributed by atoms with E-state index < -0.39 is 17.4 Å². The molecule has 0 unspecified atom stereocenters. The van der Waals surface area contributed by atoms with Crippen molar-refractivity contribution in [3.05, 3.63) is 35.9 Å². The highest BCUT2D eigenvalue weighted by Crippen LogP contribution is 2.40. The number of piperidine rings is 1. The Labute approximate surface area is 172 Å². The summed E-state index contributed by atoms with van der Waals surface area (Å²) in [7, 11) is 0. The second-order valence-electron chi connectivity index (χ2n) is 9.05. The monoisotopic (exact) mass is 398 g/mol. The van der Waals surface area contributed by atoms with E-state index in [4.69, 9.17) is 4.74 Å². The van der Waals surface area contributed by atoms with E-state index in [2.05, 4.69) is 0 Å². The van der Waals surface area contributed by atoms with E-state index in [0.717, 1.165) is 24.8 Å². The summed E-state index contributed by atoms with van der Waals surface area (Å²) in [5, 5.41) is 0. The molecule has 1 aromatic carbocycles. The number of ether oxygens (including phenoxy) is 1. The Bertz CT molecular complexity index is 785. The van der Waals surface area contributed by atoms with Crippen LogP contribution in [-0.2, 0) is 25.7 Å². The molecule has 3 amide bonds. The summed E-state index contributed by atoms with van der Waals surface area (Å²) >= 11 is 0. The highest BCUT2D eigenvalue weighted by atomic mass is 16.5. The third-order valence-corrected chi connectivity index (χ3v) is 6.97. The number of imide groups is 1. The Morgan fingerprint density at radius 3 is 2.45 bits per heavy atom. The largest absolute Gasteiger partial charge is 0.381 e. The molecule has 3 fully saturated rings. The van der Waals surface area contributed by atoms with Crippen LogP contribution in [0.3, 0.4) is 0 Å². The lowest BCUT2D eigenvalue weighted by Gasteiger charge is -2.43. The fourth-order valence-electron chi connectivity index (χ4n) is 5.14. The third-order valence-electron chi connectivity index (χ3n) is 6.97. The lowest BCUT2D eigenvalue weighted by atomic mass is 9.73. The number of carbonyl (C=O) groups excluding carboxylic acids is 3. The van der Waals surface area contributed by atoms with E-state index in [1.807, 2.05) is 44.2 Å². The maximum absolute atomic E-state index is 13.6. The highest BCUT2D eigenvalue weighted by molar-refractivity contribution is 6.08. The maximum atomic E-state index is 13.6. The van der Waals surface area contributed by atoms with Gasteiger partial charge < -0.3 is 9.64 Å². The Kier molecular flexibility index (Phi) is 5.47. The van der Waals surface area contributed by atoms with Crippen molar-refractivity contribution < 1.29 is 19.1 Å². The molecule has 0 aromatic heterocycles.